The Morgan fingerprint density at radius 1 is 0.824 bits per heavy atom. The summed E-state index contributed by atoms with van der Waals surface area (Å²) in [4.78, 5) is 0. The van der Waals surface area contributed by atoms with Crippen molar-refractivity contribution in [2.75, 3.05) is 6.61 Å². The second kappa shape index (κ2) is 8.10. The molecule has 0 aliphatic carbocycles. The van der Waals surface area contributed by atoms with Crippen LogP contribution in [0.5, 0.6) is 0 Å². The Kier molecular flexibility index (Phi) is 8.06. The molecule has 0 heterocycles. The van der Waals surface area contributed by atoms with Gasteiger partial charge in [-0.15, -0.1) is 0 Å². The molecule has 0 spiro atoms. The Hall–Kier alpha value is -0.0800. The Bertz CT molecular complexity index is 181. The van der Waals surface area contributed by atoms with E-state index in [-0.39, 0.29) is 5.60 Å². The standard InChI is InChI=1S/C15H32O2/c1-6-11-15(9-4,10-5)17-13-12-14(16,7-2)8-3/h16H,6-13H2,1-5H3. The second-order valence-corrected chi connectivity index (χ2v) is 5.17. The van der Waals surface area contributed by atoms with Crippen molar-refractivity contribution in [3.63, 3.8) is 0 Å². The summed E-state index contributed by atoms with van der Waals surface area (Å²) in [6.45, 7) is 11.4. The Balaban J connectivity index is 4.22. The zero-order chi connectivity index (χ0) is 13.4. The molecule has 2 heteroatoms. The molecule has 1 N–H and O–H groups in total. The molecule has 104 valence electrons. The molecule has 0 unspecified atom stereocenters. The Morgan fingerprint density at radius 2 is 1.35 bits per heavy atom. The third-order valence-electron chi connectivity index (χ3n) is 4.29. The van der Waals surface area contributed by atoms with Gasteiger partial charge in [-0.1, -0.05) is 41.0 Å². The maximum Gasteiger partial charge on any atom is 0.0677 e. The molecule has 0 aliphatic heterocycles. The quantitative estimate of drug-likeness (QED) is 0.620. The number of rotatable bonds is 10. The topological polar surface area (TPSA) is 29.5 Å². The van der Waals surface area contributed by atoms with Crippen molar-refractivity contribution in [1.29, 1.82) is 0 Å². The van der Waals surface area contributed by atoms with Crippen molar-refractivity contribution < 1.29 is 9.84 Å². The van der Waals surface area contributed by atoms with Gasteiger partial charge in [0.05, 0.1) is 17.8 Å². The van der Waals surface area contributed by atoms with E-state index < -0.39 is 5.60 Å². The van der Waals surface area contributed by atoms with E-state index >= 15 is 0 Å². The van der Waals surface area contributed by atoms with E-state index in [9.17, 15) is 5.11 Å². The normalized spacial score (nSPS) is 13.1. The molecule has 0 atom stereocenters. The third-order valence-corrected chi connectivity index (χ3v) is 4.29. The van der Waals surface area contributed by atoms with E-state index in [0.29, 0.717) is 6.61 Å². The van der Waals surface area contributed by atoms with E-state index in [0.717, 1.165) is 44.9 Å². The fourth-order valence-corrected chi connectivity index (χ4v) is 2.40. The molecule has 0 radical (unpaired) electrons. The van der Waals surface area contributed by atoms with Gasteiger partial charge in [-0.3, -0.25) is 0 Å². The molecule has 0 amide bonds. The van der Waals surface area contributed by atoms with Gasteiger partial charge in [-0.2, -0.15) is 0 Å². The number of hydrogen-bond acceptors (Lipinski definition) is 2. The molecule has 0 aliphatic rings. The average Bonchev–Trinajstić information content (AvgIpc) is 2.37. The summed E-state index contributed by atoms with van der Waals surface area (Å²) in [6.07, 6.45) is 6.79. The second-order valence-electron chi connectivity index (χ2n) is 5.17. The van der Waals surface area contributed by atoms with Crippen LogP contribution in [-0.4, -0.2) is 22.9 Å². The predicted octanol–water partition coefficient (Wildman–Crippen LogP) is 4.30. The molecule has 0 fully saturated rings. The van der Waals surface area contributed by atoms with Crippen LogP contribution in [0.2, 0.25) is 0 Å². The SMILES string of the molecule is CCCC(CC)(CC)OCCC(O)(CC)CC. The van der Waals surface area contributed by atoms with Gasteiger partial charge in [0.15, 0.2) is 0 Å². The van der Waals surface area contributed by atoms with E-state index in [1.54, 1.807) is 0 Å². The van der Waals surface area contributed by atoms with Crippen molar-refractivity contribution in [3.05, 3.63) is 0 Å². The van der Waals surface area contributed by atoms with E-state index in [1.807, 2.05) is 13.8 Å². The van der Waals surface area contributed by atoms with E-state index in [4.69, 9.17) is 4.74 Å². The molecule has 17 heavy (non-hydrogen) atoms. The Labute approximate surface area is 108 Å². The first-order valence-electron chi connectivity index (χ1n) is 7.37. The molecule has 2 nitrogen and oxygen atoms in total. The van der Waals surface area contributed by atoms with E-state index in [1.165, 1.54) is 0 Å². The van der Waals surface area contributed by atoms with Crippen LogP contribution < -0.4 is 0 Å². The molecule has 0 bridgehead atoms. The van der Waals surface area contributed by atoms with Crippen molar-refractivity contribution in [3.8, 4) is 0 Å². The molecular formula is C15H32O2. The summed E-state index contributed by atoms with van der Waals surface area (Å²) < 4.78 is 6.11. The summed E-state index contributed by atoms with van der Waals surface area (Å²) in [7, 11) is 0. The summed E-state index contributed by atoms with van der Waals surface area (Å²) in [6, 6.07) is 0. The van der Waals surface area contributed by atoms with Gasteiger partial charge in [0.2, 0.25) is 0 Å². The van der Waals surface area contributed by atoms with Crippen molar-refractivity contribution in [2.24, 2.45) is 0 Å². The minimum atomic E-state index is -0.528. The number of aliphatic hydroxyl groups is 1. The highest BCUT2D eigenvalue weighted by atomic mass is 16.5. The zero-order valence-corrected chi connectivity index (χ0v) is 12.5. The van der Waals surface area contributed by atoms with Crippen molar-refractivity contribution in [2.45, 2.75) is 90.8 Å². The van der Waals surface area contributed by atoms with Crippen LogP contribution in [-0.2, 0) is 4.74 Å². The lowest BCUT2D eigenvalue weighted by Crippen LogP contribution is -2.35. The fraction of sp³-hybridized carbons (Fsp3) is 1.00. The number of ether oxygens (including phenoxy) is 1. The summed E-state index contributed by atoms with van der Waals surface area (Å²) in [5, 5.41) is 10.2. The summed E-state index contributed by atoms with van der Waals surface area (Å²) in [5.41, 5.74) is -0.490. The average molecular weight is 244 g/mol. The van der Waals surface area contributed by atoms with Gasteiger partial charge in [0, 0.05) is 0 Å². The maximum absolute atomic E-state index is 10.2. The van der Waals surface area contributed by atoms with Gasteiger partial charge >= 0.3 is 0 Å². The summed E-state index contributed by atoms with van der Waals surface area (Å²) >= 11 is 0. The first kappa shape index (κ1) is 16.9. The van der Waals surface area contributed by atoms with Crippen molar-refractivity contribution in [1.82, 2.24) is 0 Å². The van der Waals surface area contributed by atoms with Crippen molar-refractivity contribution >= 4 is 0 Å². The minimum Gasteiger partial charge on any atom is -0.390 e. The smallest absolute Gasteiger partial charge is 0.0677 e. The lowest BCUT2D eigenvalue weighted by molar-refractivity contribution is -0.0843. The highest BCUT2D eigenvalue weighted by molar-refractivity contribution is 4.79. The van der Waals surface area contributed by atoms with Gasteiger partial charge in [0.25, 0.3) is 0 Å². The highest BCUT2D eigenvalue weighted by Crippen LogP contribution is 2.28. The molecule has 0 aromatic rings. The minimum absolute atomic E-state index is 0.0388. The molecular weight excluding hydrogens is 212 g/mol. The first-order valence-corrected chi connectivity index (χ1v) is 7.37. The van der Waals surface area contributed by atoms with Crippen LogP contribution in [0.3, 0.4) is 0 Å². The molecule has 0 aromatic carbocycles. The fourth-order valence-electron chi connectivity index (χ4n) is 2.40. The van der Waals surface area contributed by atoms with Crippen LogP contribution in [0.1, 0.15) is 79.6 Å². The van der Waals surface area contributed by atoms with Crippen LogP contribution in [0.15, 0.2) is 0 Å². The zero-order valence-electron chi connectivity index (χ0n) is 12.5. The highest BCUT2D eigenvalue weighted by Gasteiger charge is 2.28. The van der Waals surface area contributed by atoms with Crippen LogP contribution in [0.4, 0.5) is 0 Å². The van der Waals surface area contributed by atoms with Gasteiger partial charge < -0.3 is 9.84 Å². The first-order chi connectivity index (χ1) is 8.01. The molecule has 0 saturated carbocycles. The lowest BCUT2D eigenvalue weighted by Gasteiger charge is -2.34. The summed E-state index contributed by atoms with van der Waals surface area (Å²) in [5.74, 6) is 0. The molecule has 0 aromatic heterocycles. The van der Waals surface area contributed by atoms with Gasteiger partial charge in [-0.05, 0) is 38.5 Å². The predicted molar refractivity (Wildman–Crippen MR) is 74.3 cm³/mol. The third kappa shape index (κ3) is 5.39. The van der Waals surface area contributed by atoms with Crippen LogP contribution in [0, 0.1) is 0 Å². The molecule has 0 rings (SSSR count). The largest absolute Gasteiger partial charge is 0.390 e. The molecule has 0 saturated heterocycles. The van der Waals surface area contributed by atoms with Crippen LogP contribution >= 0.6 is 0 Å². The maximum atomic E-state index is 10.2. The monoisotopic (exact) mass is 244 g/mol. The lowest BCUT2D eigenvalue weighted by atomic mass is 9.90. The van der Waals surface area contributed by atoms with Gasteiger partial charge in [-0.25, -0.2) is 0 Å². The van der Waals surface area contributed by atoms with Crippen LogP contribution in [0.25, 0.3) is 0 Å². The number of hydrogen-bond donors (Lipinski definition) is 1. The van der Waals surface area contributed by atoms with Gasteiger partial charge in [0.1, 0.15) is 0 Å². The van der Waals surface area contributed by atoms with E-state index in [2.05, 4.69) is 20.8 Å². The Morgan fingerprint density at radius 3 is 1.71 bits per heavy atom.